The number of pyridine rings is 2. The van der Waals surface area contributed by atoms with E-state index in [9.17, 15) is 4.79 Å². The highest BCUT2D eigenvalue weighted by molar-refractivity contribution is 6.30. The van der Waals surface area contributed by atoms with Crippen molar-refractivity contribution in [3.8, 4) is 5.88 Å². The van der Waals surface area contributed by atoms with Crippen LogP contribution in [0.25, 0.3) is 21.2 Å². The van der Waals surface area contributed by atoms with E-state index >= 15 is 0 Å². The van der Waals surface area contributed by atoms with Gasteiger partial charge in [0.05, 0.1) is 43.1 Å². The molecule has 0 spiro atoms. The number of fused-ring (bicyclic) bond motifs is 1. The fraction of sp³-hybridized carbons (Fsp3) is 0.500. The Hall–Kier alpha value is -2.61. The second-order valence-corrected chi connectivity index (χ2v) is 7.88. The first-order valence-electron chi connectivity index (χ1n) is 8.93. The van der Waals surface area contributed by atoms with E-state index < -0.39 is 5.54 Å². The summed E-state index contributed by atoms with van der Waals surface area (Å²) in [6, 6.07) is 1.71. The number of carbonyl (C=O) groups is 1. The first-order chi connectivity index (χ1) is 13.4. The predicted octanol–water partition coefficient (Wildman–Crippen LogP) is 3.06. The van der Waals surface area contributed by atoms with Crippen molar-refractivity contribution in [2.75, 3.05) is 26.3 Å². The van der Waals surface area contributed by atoms with E-state index in [0.717, 1.165) is 10.9 Å². The summed E-state index contributed by atoms with van der Waals surface area (Å²) in [7, 11) is 0. The molecule has 0 bridgehead atoms. The number of azide groups is 1. The van der Waals surface area contributed by atoms with Crippen LogP contribution in [0.2, 0.25) is 5.15 Å². The summed E-state index contributed by atoms with van der Waals surface area (Å²) in [4.78, 5) is 25.4. The number of nitrogens with zero attached hydrogens (tertiary/aromatic N) is 6. The molecule has 0 aromatic carbocycles. The van der Waals surface area contributed by atoms with E-state index in [4.69, 9.17) is 26.6 Å². The van der Waals surface area contributed by atoms with Gasteiger partial charge in [-0.05, 0) is 22.5 Å². The van der Waals surface area contributed by atoms with Gasteiger partial charge < -0.3 is 14.4 Å². The summed E-state index contributed by atoms with van der Waals surface area (Å²) in [5, 5.41) is 5.64. The van der Waals surface area contributed by atoms with Crippen LogP contribution in [-0.4, -0.2) is 53.2 Å². The molecule has 1 amide bonds. The number of hydrogen-bond acceptors (Lipinski definition) is 6. The lowest BCUT2D eigenvalue weighted by atomic mass is 9.93. The third-order valence-electron chi connectivity index (χ3n) is 5.08. The molecule has 4 heterocycles. The minimum atomic E-state index is -0.812. The van der Waals surface area contributed by atoms with Gasteiger partial charge in [-0.3, -0.25) is 4.79 Å². The van der Waals surface area contributed by atoms with E-state index in [1.807, 2.05) is 0 Å². The summed E-state index contributed by atoms with van der Waals surface area (Å²) >= 11 is 6.09. The van der Waals surface area contributed by atoms with Crippen LogP contribution < -0.4 is 4.74 Å². The standard InChI is InChI=1S/C18H19ClN6O3/c1-18(2,23-24-20)14-5-22-16(13-4-21-15(19)3-12(13)14)28-11-6-25(7-11)17(26)10-8-27-9-10/h3-5,10-11H,6-9H2,1-2H3. The smallest absolute Gasteiger partial charge is 0.230 e. The van der Waals surface area contributed by atoms with Gasteiger partial charge in [0.15, 0.2) is 0 Å². The number of hydrogen-bond donors (Lipinski definition) is 0. The molecule has 0 atom stereocenters. The van der Waals surface area contributed by atoms with Crippen molar-refractivity contribution in [3.63, 3.8) is 0 Å². The molecule has 4 rings (SSSR count). The van der Waals surface area contributed by atoms with Gasteiger partial charge >= 0.3 is 0 Å². The fourth-order valence-electron chi connectivity index (χ4n) is 3.32. The molecule has 10 heteroatoms. The predicted molar refractivity (Wildman–Crippen MR) is 102 cm³/mol. The fourth-order valence-corrected chi connectivity index (χ4v) is 3.48. The second-order valence-electron chi connectivity index (χ2n) is 7.50. The number of amides is 1. The van der Waals surface area contributed by atoms with Crippen LogP contribution in [0.1, 0.15) is 19.4 Å². The number of carbonyl (C=O) groups excluding carboxylic acids is 1. The van der Waals surface area contributed by atoms with E-state index in [1.54, 1.807) is 37.2 Å². The third-order valence-corrected chi connectivity index (χ3v) is 5.29. The van der Waals surface area contributed by atoms with E-state index in [-0.39, 0.29) is 17.9 Å². The molecule has 0 radical (unpaired) electrons. The van der Waals surface area contributed by atoms with Crippen molar-refractivity contribution < 1.29 is 14.3 Å². The Morgan fingerprint density at radius 1 is 1.36 bits per heavy atom. The van der Waals surface area contributed by atoms with E-state index in [0.29, 0.717) is 42.7 Å². The molecule has 2 saturated heterocycles. The third kappa shape index (κ3) is 3.32. The minimum Gasteiger partial charge on any atom is -0.470 e. The normalized spacial score (nSPS) is 17.6. The summed E-state index contributed by atoms with van der Waals surface area (Å²) in [6.45, 7) is 5.65. The van der Waals surface area contributed by atoms with Crippen LogP contribution in [0.5, 0.6) is 5.88 Å². The van der Waals surface area contributed by atoms with Crippen molar-refractivity contribution in [2.45, 2.75) is 25.5 Å². The first-order valence-corrected chi connectivity index (χ1v) is 9.31. The van der Waals surface area contributed by atoms with Crippen LogP contribution in [0.4, 0.5) is 0 Å². The number of likely N-dealkylation sites (tertiary alicyclic amines) is 1. The summed E-state index contributed by atoms with van der Waals surface area (Å²) in [6.07, 6.45) is 3.10. The second kappa shape index (κ2) is 7.09. The van der Waals surface area contributed by atoms with Crippen molar-refractivity contribution in [1.82, 2.24) is 14.9 Å². The highest BCUT2D eigenvalue weighted by Gasteiger charge is 2.39. The molecular weight excluding hydrogens is 384 g/mol. The molecular formula is C18H19ClN6O3. The summed E-state index contributed by atoms with van der Waals surface area (Å²) in [5.41, 5.74) is 8.79. The van der Waals surface area contributed by atoms with Crippen LogP contribution in [0, 0.1) is 5.92 Å². The monoisotopic (exact) mass is 402 g/mol. The van der Waals surface area contributed by atoms with Gasteiger partial charge in [0.1, 0.15) is 11.3 Å². The molecule has 146 valence electrons. The molecule has 0 N–H and O–H groups in total. The number of halogens is 1. The zero-order valence-electron chi connectivity index (χ0n) is 15.5. The Kier molecular flexibility index (Phi) is 4.74. The summed E-state index contributed by atoms with van der Waals surface area (Å²) < 4.78 is 11.1. The summed E-state index contributed by atoms with van der Waals surface area (Å²) in [5.74, 6) is 0.515. The van der Waals surface area contributed by atoms with Crippen molar-refractivity contribution in [3.05, 3.63) is 39.6 Å². The van der Waals surface area contributed by atoms with Gasteiger partial charge in [-0.25, -0.2) is 9.97 Å². The molecule has 2 aromatic heterocycles. The largest absolute Gasteiger partial charge is 0.470 e. The van der Waals surface area contributed by atoms with E-state index in [1.165, 1.54) is 0 Å². The number of rotatable bonds is 5. The van der Waals surface area contributed by atoms with Crippen LogP contribution in [0.3, 0.4) is 0 Å². The lowest BCUT2D eigenvalue weighted by molar-refractivity contribution is -0.158. The maximum atomic E-state index is 12.2. The van der Waals surface area contributed by atoms with Gasteiger partial charge in [0.2, 0.25) is 11.8 Å². The lowest BCUT2D eigenvalue weighted by Gasteiger charge is -2.42. The molecule has 0 aliphatic carbocycles. The van der Waals surface area contributed by atoms with Gasteiger partial charge in [-0.2, -0.15) is 0 Å². The molecule has 2 aromatic rings. The van der Waals surface area contributed by atoms with Crippen LogP contribution in [0.15, 0.2) is 23.6 Å². The zero-order chi connectivity index (χ0) is 19.9. The first kappa shape index (κ1) is 18.7. The zero-order valence-corrected chi connectivity index (χ0v) is 16.3. The Labute approximate surface area is 166 Å². The molecule has 2 fully saturated rings. The Bertz CT molecular complexity index is 981. The highest BCUT2D eigenvalue weighted by Crippen LogP contribution is 2.36. The lowest BCUT2D eigenvalue weighted by Crippen LogP contribution is -2.59. The van der Waals surface area contributed by atoms with E-state index in [2.05, 4.69) is 20.0 Å². The molecule has 0 unspecified atom stereocenters. The van der Waals surface area contributed by atoms with Gasteiger partial charge in [0.25, 0.3) is 0 Å². The SMILES string of the molecule is CC(C)(N=[N+]=[N-])c1cnc(OC2CN(C(=O)C3COC3)C2)c2cnc(Cl)cc12. The van der Waals surface area contributed by atoms with Crippen molar-refractivity contribution in [2.24, 2.45) is 11.0 Å². The van der Waals surface area contributed by atoms with Crippen LogP contribution >= 0.6 is 11.6 Å². The Balaban J connectivity index is 1.57. The minimum absolute atomic E-state index is 0.0200. The van der Waals surface area contributed by atoms with Crippen LogP contribution in [-0.2, 0) is 15.1 Å². The van der Waals surface area contributed by atoms with Crippen molar-refractivity contribution >= 4 is 28.3 Å². The maximum absolute atomic E-state index is 12.2. The average Bonchev–Trinajstić information content (AvgIpc) is 2.55. The van der Waals surface area contributed by atoms with Gasteiger partial charge in [-0.1, -0.05) is 30.6 Å². The van der Waals surface area contributed by atoms with Crippen molar-refractivity contribution in [1.29, 1.82) is 0 Å². The number of aromatic nitrogens is 2. The van der Waals surface area contributed by atoms with Gasteiger partial charge in [0, 0.05) is 17.3 Å². The van der Waals surface area contributed by atoms with Gasteiger partial charge in [-0.15, -0.1) is 0 Å². The molecule has 9 nitrogen and oxygen atoms in total. The Morgan fingerprint density at radius 3 is 2.75 bits per heavy atom. The number of ether oxygens (including phenoxy) is 2. The molecule has 2 aliphatic rings. The highest BCUT2D eigenvalue weighted by atomic mass is 35.5. The Morgan fingerprint density at radius 2 is 2.11 bits per heavy atom. The molecule has 0 saturated carbocycles. The topological polar surface area (TPSA) is 113 Å². The maximum Gasteiger partial charge on any atom is 0.230 e. The molecule has 2 aliphatic heterocycles. The average molecular weight is 403 g/mol. The molecule has 28 heavy (non-hydrogen) atoms. The quantitative estimate of drug-likeness (QED) is 0.330.